The van der Waals surface area contributed by atoms with Gasteiger partial charge in [0.25, 0.3) is 0 Å². The number of rotatable bonds is 5. The van der Waals surface area contributed by atoms with Crippen molar-refractivity contribution in [1.82, 2.24) is 20.2 Å². The zero-order chi connectivity index (χ0) is 14.5. The molecule has 1 saturated heterocycles. The normalized spacial score (nSPS) is 24.5. The van der Waals surface area contributed by atoms with Crippen LogP contribution in [0.15, 0.2) is 18.5 Å². The summed E-state index contributed by atoms with van der Waals surface area (Å²) in [6.07, 6.45) is 4.90. The van der Waals surface area contributed by atoms with Gasteiger partial charge in [-0.15, -0.1) is 0 Å². The van der Waals surface area contributed by atoms with E-state index >= 15 is 0 Å². The molecule has 1 aromatic rings. The molecule has 0 spiro atoms. The predicted octanol–water partition coefficient (Wildman–Crippen LogP) is 2.32. The van der Waals surface area contributed by atoms with Crippen LogP contribution in [0.5, 0.6) is 0 Å². The Morgan fingerprint density at radius 3 is 2.55 bits per heavy atom. The van der Waals surface area contributed by atoms with E-state index in [4.69, 9.17) is 0 Å². The van der Waals surface area contributed by atoms with Crippen LogP contribution in [0.2, 0.25) is 0 Å². The summed E-state index contributed by atoms with van der Waals surface area (Å²) in [5.41, 5.74) is 0. The van der Waals surface area contributed by atoms with Crippen LogP contribution in [0.25, 0.3) is 0 Å². The molecule has 0 bridgehead atoms. The van der Waals surface area contributed by atoms with Gasteiger partial charge in [0, 0.05) is 37.6 Å². The average molecular weight is 276 g/mol. The molecule has 1 aromatic heterocycles. The fourth-order valence-electron chi connectivity index (χ4n) is 2.89. The highest BCUT2D eigenvalue weighted by Crippen LogP contribution is 2.19. The van der Waals surface area contributed by atoms with Crippen molar-refractivity contribution >= 4 is 0 Å². The Kier molecular flexibility index (Phi) is 5.49. The van der Waals surface area contributed by atoms with Gasteiger partial charge in [-0.3, -0.25) is 4.90 Å². The van der Waals surface area contributed by atoms with Gasteiger partial charge in [-0.1, -0.05) is 27.7 Å². The second kappa shape index (κ2) is 7.14. The van der Waals surface area contributed by atoms with Crippen molar-refractivity contribution in [2.75, 3.05) is 13.1 Å². The number of aromatic nitrogens is 2. The minimum atomic E-state index is 0.571. The van der Waals surface area contributed by atoms with E-state index in [1.54, 1.807) is 0 Å². The third-order valence-electron chi connectivity index (χ3n) is 4.08. The van der Waals surface area contributed by atoms with Gasteiger partial charge in [-0.2, -0.15) is 0 Å². The van der Waals surface area contributed by atoms with E-state index in [9.17, 15) is 0 Å². The van der Waals surface area contributed by atoms with Crippen molar-refractivity contribution in [2.24, 2.45) is 11.8 Å². The highest BCUT2D eigenvalue weighted by atomic mass is 15.2. The van der Waals surface area contributed by atoms with Crippen molar-refractivity contribution in [1.29, 1.82) is 0 Å². The summed E-state index contributed by atoms with van der Waals surface area (Å²) in [6.45, 7) is 12.2. The third-order valence-corrected chi connectivity index (χ3v) is 4.08. The molecule has 112 valence electrons. The zero-order valence-corrected chi connectivity index (χ0v) is 13.2. The fourth-order valence-corrected chi connectivity index (χ4v) is 2.89. The second-order valence-electron chi connectivity index (χ2n) is 6.64. The van der Waals surface area contributed by atoms with Crippen molar-refractivity contribution in [2.45, 2.75) is 52.7 Å². The largest absolute Gasteiger partial charge is 0.311 e. The zero-order valence-electron chi connectivity index (χ0n) is 13.2. The van der Waals surface area contributed by atoms with E-state index in [1.807, 2.05) is 18.5 Å². The quantitative estimate of drug-likeness (QED) is 0.896. The van der Waals surface area contributed by atoms with E-state index in [0.717, 1.165) is 31.4 Å². The first-order valence-corrected chi connectivity index (χ1v) is 7.79. The standard InChI is InChI=1S/C16H28N4/c1-12(2)8-14-9-19-15(13(3)4)10-20(14)11-16-17-6-5-7-18-16/h5-7,12-15,19H,8-11H2,1-4H3. The van der Waals surface area contributed by atoms with Crippen LogP contribution in [0.3, 0.4) is 0 Å². The maximum absolute atomic E-state index is 4.38. The van der Waals surface area contributed by atoms with E-state index in [2.05, 4.69) is 47.9 Å². The molecule has 1 aliphatic heterocycles. The maximum Gasteiger partial charge on any atom is 0.142 e. The summed E-state index contributed by atoms with van der Waals surface area (Å²) in [5.74, 6) is 2.32. The number of hydrogen-bond donors (Lipinski definition) is 1. The summed E-state index contributed by atoms with van der Waals surface area (Å²) >= 11 is 0. The molecular formula is C16H28N4. The third kappa shape index (κ3) is 4.25. The second-order valence-corrected chi connectivity index (χ2v) is 6.64. The molecule has 20 heavy (non-hydrogen) atoms. The highest BCUT2D eigenvalue weighted by Gasteiger charge is 2.30. The topological polar surface area (TPSA) is 41.0 Å². The molecular weight excluding hydrogens is 248 g/mol. The molecule has 2 unspecified atom stereocenters. The monoisotopic (exact) mass is 276 g/mol. The summed E-state index contributed by atoms with van der Waals surface area (Å²) in [7, 11) is 0. The number of hydrogen-bond acceptors (Lipinski definition) is 4. The molecule has 1 fully saturated rings. The van der Waals surface area contributed by atoms with E-state index in [1.165, 1.54) is 6.42 Å². The molecule has 4 heteroatoms. The Morgan fingerprint density at radius 1 is 1.25 bits per heavy atom. The Bertz CT molecular complexity index is 391. The maximum atomic E-state index is 4.38. The van der Waals surface area contributed by atoms with Crippen molar-refractivity contribution < 1.29 is 0 Å². The first kappa shape index (κ1) is 15.4. The summed E-state index contributed by atoms with van der Waals surface area (Å²) in [6, 6.07) is 3.04. The number of nitrogens with zero attached hydrogens (tertiary/aromatic N) is 3. The van der Waals surface area contributed by atoms with E-state index in [-0.39, 0.29) is 0 Å². The van der Waals surface area contributed by atoms with Crippen LogP contribution < -0.4 is 5.32 Å². The minimum absolute atomic E-state index is 0.571. The summed E-state index contributed by atoms with van der Waals surface area (Å²) in [5, 5.41) is 3.71. The first-order valence-electron chi connectivity index (χ1n) is 7.79. The lowest BCUT2D eigenvalue weighted by Crippen LogP contribution is -2.58. The van der Waals surface area contributed by atoms with Gasteiger partial charge >= 0.3 is 0 Å². The van der Waals surface area contributed by atoms with E-state index in [0.29, 0.717) is 18.0 Å². The van der Waals surface area contributed by atoms with Crippen LogP contribution in [0.1, 0.15) is 39.9 Å². The number of piperazine rings is 1. The molecule has 0 aliphatic carbocycles. The molecule has 4 nitrogen and oxygen atoms in total. The van der Waals surface area contributed by atoms with Crippen LogP contribution >= 0.6 is 0 Å². The van der Waals surface area contributed by atoms with E-state index < -0.39 is 0 Å². The molecule has 0 aromatic carbocycles. The first-order chi connectivity index (χ1) is 9.56. The Balaban J connectivity index is 2.05. The SMILES string of the molecule is CC(C)CC1CNC(C(C)C)CN1Cc1ncccn1. The molecule has 2 heterocycles. The fraction of sp³-hybridized carbons (Fsp3) is 0.750. The molecule has 0 amide bonds. The molecule has 1 aliphatic rings. The smallest absolute Gasteiger partial charge is 0.142 e. The van der Waals surface area contributed by atoms with Gasteiger partial charge in [0.05, 0.1) is 6.54 Å². The Labute approximate surface area is 123 Å². The predicted molar refractivity (Wildman–Crippen MR) is 82.3 cm³/mol. The lowest BCUT2D eigenvalue weighted by Gasteiger charge is -2.42. The van der Waals surface area contributed by atoms with Gasteiger partial charge in [-0.25, -0.2) is 9.97 Å². The number of nitrogens with one attached hydrogen (secondary N) is 1. The molecule has 1 N–H and O–H groups in total. The lowest BCUT2D eigenvalue weighted by atomic mass is 9.95. The van der Waals surface area contributed by atoms with Gasteiger partial charge in [0.15, 0.2) is 0 Å². The van der Waals surface area contributed by atoms with Gasteiger partial charge < -0.3 is 5.32 Å². The van der Waals surface area contributed by atoms with Crippen molar-refractivity contribution in [3.8, 4) is 0 Å². The van der Waals surface area contributed by atoms with Crippen LogP contribution in [-0.2, 0) is 6.54 Å². The van der Waals surface area contributed by atoms with Crippen LogP contribution in [0.4, 0.5) is 0 Å². The summed E-state index contributed by atoms with van der Waals surface area (Å²) < 4.78 is 0. The van der Waals surface area contributed by atoms with Gasteiger partial charge in [0.2, 0.25) is 0 Å². The average Bonchev–Trinajstić information content (AvgIpc) is 2.41. The van der Waals surface area contributed by atoms with Crippen LogP contribution in [0, 0.1) is 11.8 Å². The highest BCUT2D eigenvalue weighted by molar-refractivity contribution is 4.93. The van der Waals surface area contributed by atoms with Gasteiger partial charge in [-0.05, 0) is 24.3 Å². The minimum Gasteiger partial charge on any atom is -0.311 e. The van der Waals surface area contributed by atoms with Crippen LogP contribution in [-0.4, -0.2) is 40.0 Å². The molecule has 2 rings (SSSR count). The van der Waals surface area contributed by atoms with Crippen molar-refractivity contribution in [3.63, 3.8) is 0 Å². The van der Waals surface area contributed by atoms with Crippen molar-refractivity contribution in [3.05, 3.63) is 24.3 Å². The molecule has 2 atom stereocenters. The lowest BCUT2D eigenvalue weighted by molar-refractivity contribution is 0.0899. The summed E-state index contributed by atoms with van der Waals surface area (Å²) in [4.78, 5) is 11.3. The Morgan fingerprint density at radius 2 is 1.95 bits per heavy atom. The Hall–Kier alpha value is -1.00. The molecule has 0 saturated carbocycles. The molecule has 0 radical (unpaired) electrons. The van der Waals surface area contributed by atoms with Gasteiger partial charge in [0.1, 0.15) is 5.82 Å².